The topological polar surface area (TPSA) is 0 Å². The molecule has 10 aromatic carbocycles. The first-order chi connectivity index (χ1) is 25.2. The minimum absolute atomic E-state index is 0.124. The second-order valence-corrected chi connectivity index (χ2v) is 11.4. The second-order valence-electron chi connectivity index (χ2n) is 11.4. The Morgan fingerprint density at radius 1 is 0.318 bits per heavy atom. The summed E-state index contributed by atoms with van der Waals surface area (Å²) in [6.45, 7) is 0. The molecule has 0 radical (unpaired) electrons. The largest absolute Gasteiger partial charge is 0.0636 e. The third kappa shape index (κ3) is 3.34. The lowest BCUT2D eigenvalue weighted by atomic mass is 9.88. The van der Waals surface area contributed by atoms with E-state index in [9.17, 15) is 2.74 Å². The van der Waals surface area contributed by atoms with Gasteiger partial charge >= 0.3 is 0 Å². The summed E-state index contributed by atoms with van der Waals surface area (Å²) < 4.78 is 73.4. The van der Waals surface area contributed by atoms with Crippen molar-refractivity contribution in [2.75, 3.05) is 0 Å². The summed E-state index contributed by atoms with van der Waals surface area (Å²) in [5.41, 5.74) is 1.01. The highest BCUT2D eigenvalue weighted by atomic mass is 14.2. The molecule has 0 nitrogen and oxygen atoms in total. The Kier molecular flexibility index (Phi) is 3.52. The molecule has 10 rings (SSSR count). The molecule has 0 unspecified atom stereocenters. The number of rotatable bonds is 3. The normalized spacial score (nSPS) is 14.6. The molecule has 0 aliphatic heterocycles. The third-order valence-corrected chi connectivity index (χ3v) is 9.10. The van der Waals surface area contributed by atoms with Gasteiger partial charge in [0.1, 0.15) is 0 Å². The van der Waals surface area contributed by atoms with Crippen molar-refractivity contribution in [2.45, 2.75) is 0 Å². The van der Waals surface area contributed by atoms with Crippen LogP contribution in [0.15, 0.2) is 158 Å². The van der Waals surface area contributed by atoms with Crippen molar-refractivity contribution in [3.8, 4) is 33.4 Å². The summed E-state index contributed by atoms with van der Waals surface area (Å²) in [7, 11) is 0. The molecule has 0 heterocycles. The predicted octanol–water partition coefficient (Wildman–Crippen LogP) is 12.5. The van der Waals surface area contributed by atoms with Gasteiger partial charge in [-0.2, -0.15) is 0 Å². The zero-order valence-corrected chi connectivity index (χ0v) is 23.4. The van der Waals surface area contributed by atoms with E-state index in [1.807, 2.05) is 97.1 Å². The SMILES string of the molecule is [2H]c1c([2H])c(-c2c([2H])c([2H])c([2H])c(-c3ccc4ccc5cccc6ccc3c4c56)c2[2H])c([2H])c(-c2ccc3ccc4cccc5ccc2c3c45)c1[2H]. The highest BCUT2D eigenvalue weighted by Gasteiger charge is 2.14. The average molecular weight is 563 g/mol. The van der Waals surface area contributed by atoms with Crippen molar-refractivity contribution in [2.24, 2.45) is 0 Å². The summed E-state index contributed by atoms with van der Waals surface area (Å²) in [5, 5.41) is 11.9. The quantitative estimate of drug-likeness (QED) is 0.188. The van der Waals surface area contributed by atoms with E-state index in [0.717, 1.165) is 64.6 Å². The zero-order valence-electron chi connectivity index (χ0n) is 31.4. The van der Waals surface area contributed by atoms with E-state index < -0.39 is 24.2 Å². The molecule has 0 saturated heterocycles. The van der Waals surface area contributed by atoms with Crippen LogP contribution in [-0.2, 0) is 0 Å². The van der Waals surface area contributed by atoms with Crippen molar-refractivity contribution < 1.29 is 11.0 Å². The fraction of sp³-hybridized carbons (Fsp3) is 0. The van der Waals surface area contributed by atoms with E-state index in [1.54, 1.807) is 0 Å². The van der Waals surface area contributed by atoms with Gasteiger partial charge in [0.15, 0.2) is 0 Å². The van der Waals surface area contributed by atoms with Crippen molar-refractivity contribution in [3.05, 3.63) is 158 Å². The molecule has 0 N–H and O–H groups in total. The van der Waals surface area contributed by atoms with Gasteiger partial charge in [0, 0.05) is 0 Å². The Labute approximate surface area is 266 Å². The molecular weight excluding hydrogens is 528 g/mol. The molecule has 0 aliphatic rings. The molecule has 10 aromatic rings. The minimum Gasteiger partial charge on any atom is -0.0610 e. The highest BCUT2D eigenvalue weighted by Crippen LogP contribution is 2.42. The first kappa shape index (κ1) is 17.4. The monoisotopic (exact) mass is 562 g/mol. The van der Waals surface area contributed by atoms with Crippen molar-refractivity contribution >= 4 is 64.6 Å². The Hall–Kier alpha value is -5.72. The van der Waals surface area contributed by atoms with Gasteiger partial charge in [0.25, 0.3) is 0 Å². The molecule has 0 amide bonds. The Bertz CT molecular complexity index is 2920. The van der Waals surface area contributed by atoms with E-state index in [0.29, 0.717) is 11.1 Å². The molecule has 0 fully saturated rings. The lowest BCUT2D eigenvalue weighted by molar-refractivity contribution is 1.60. The van der Waals surface area contributed by atoms with Crippen LogP contribution in [0, 0.1) is 0 Å². The van der Waals surface area contributed by atoms with Crippen molar-refractivity contribution in [1.29, 1.82) is 0 Å². The maximum absolute atomic E-state index is 9.60. The molecular formula is C44H26. The third-order valence-electron chi connectivity index (χ3n) is 9.10. The van der Waals surface area contributed by atoms with Crippen LogP contribution in [0.2, 0.25) is 0 Å². The van der Waals surface area contributed by atoms with Gasteiger partial charge in [-0.05, 0) is 110 Å². The Morgan fingerprint density at radius 3 is 1.09 bits per heavy atom. The van der Waals surface area contributed by atoms with Crippen LogP contribution in [0.1, 0.15) is 11.0 Å². The van der Waals surface area contributed by atoms with Gasteiger partial charge in [0.2, 0.25) is 0 Å². The molecule has 44 heavy (non-hydrogen) atoms. The highest BCUT2D eigenvalue weighted by molar-refractivity contribution is 6.26. The molecule has 0 atom stereocenters. The second kappa shape index (κ2) is 8.89. The Morgan fingerprint density at radius 2 is 0.659 bits per heavy atom. The molecule has 0 aromatic heterocycles. The average Bonchev–Trinajstić information content (AvgIpc) is 3.16. The van der Waals surface area contributed by atoms with E-state index in [1.165, 1.54) is 0 Å². The van der Waals surface area contributed by atoms with Crippen LogP contribution in [-0.4, -0.2) is 0 Å². The first-order valence-electron chi connectivity index (χ1n) is 18.7. The Balaban J connectivity index is 1.28. The molecule has 0 aliphatic carbocycles. The number of hydrogen-bond acceptors (Lipinski definition) is 0. The minimum atomic E-state index is -0.461. The fourth-order valence-electron chi connectivity index (χ4n) is 7.11. The van der Waals surface area contributed by atoms with Crippen LogP contribution in [0.3, 0.4) is 0 Å². The van der Waals surface area contributed by atoms with Crippen molar-refractivity contribution in [3.63, 3.8) is 0 Å². The van der Waals surface area contributed by atoms with E-state index in [-0.39, 0.29) is 46.4 Å². The zero-order chi connectivity index (χ0) is 35.7. The lowest BCUT2D eigenvalue weighted by Crippen LogP contribution is -1.89. The lowest BCUT2D eigenvalue weighted by Gasteiger charge is -2.15. The van der Waals surface area contributed by atoms with Crippen LogP contribution < -0.4 is 0 Å². The summed E-state index contributed by atoms with van der Waals surface area (Å²) >= 11 is 0. The van der Waals surface area contributed by atoms with Gasteiger partial charge in [-0.3, -0.25) is 0 Å². The molecule has 0 bridgehead atoms. The molecule has 202 valence electrons. The summed E-state index contributed by atoms with van der Waals surface area (Å²) in [5.74, 6) is 0. The van der Waals surface area contributed by atoms with Crippen LogP contribution in [0.4, 0.5) is 0 Å². The number of hydrogen-bond donors (Lipinski definition) is 0. The van der Waals surface area contributed by atoms with Crippen LogP contribution >= 0.6 is 0 Å². The van der Waals surface area contributed by atoms with Crippen LogP contribution in [0.5, 0.6) is 0 Å². The van der Waals surface area contributed by atoms with Gasteiger partial charge in [-0.25, -0.2) is 0 Å². The molecule has 0 saturated carbocycles. The number of benzene rings is 10. The summed E-state index contributed by atoms with van der Waals surface area (Å²) in [6, 6.07) is 33.0. The van der Waals surface area contributed by atoms with Gasteiger partial charge < -0.3 is 0 Å². The molecule has 0 spiro atoms. The first-order valence-corrected chi connectivity index (χ1v) is 14.7. The smallest absolute Gasteiger partial charge is 0.0610 e. The summed E-state index contributed by atoms with van der Waals surface area (Å²) in [4.78, 5) is 0. The standard InChI is InChI=1S/C44H26/c1-5-27-13-15-31-17-21-37(39-23-19-29(7-1)41(27)43(31)39)35-11-3-9-33(25-35)34-10-4-12-36(26-34)38-22-18-32-16-14-28-6-2-8-30-20-24-40(38)44(32)42(28)30/h1-26H/i3D,4D,9D,10D,11D,12D,25D,26D. The van der Waals surface area contributed by atoms with Gasteiger partial charge in [-0.15, -0.1) is 0 Å². The maximum Gasteiger partial charge on any atom is 0.0636 e. The fourth-order valence-corrected chi connectivity index (χ4v) is 7.11. The summed E-state index contributed by atoms with van der Waals surface area (Å²) in [6.07, 6.45) is 0. The van der Waals surface area contributed by atoms with Crippen LogP contribution in [0.25, 0.3) is 98.0 Å². The van der Waals surface area contributed by atoms with E-state index in [4.69, 9.17) is 8.22 Å². The van der Waals surface area contributed by atoms with Gasteiger partial charge in [-0.1, -0.05) is 145 Å². The maximum atomic E-state index is 9.60. The molecule has 0 heteroatoms. The van der Waals surface area contributed by atoms with Crippen molar-refractivity contribution in [1.82, 2.24) is 0 Å². The van der Waals surface area contributed by atoms with E-state index in [2.05, 4.69) is 12.1 Å². The van der Waals surface area contributed by atoms with Gasteiger partial charge in [0.05, 0.1) is 11.0 Å². The predicted molar refractivity (Wildman–Crippen MR) is 190 cm³/mol. The van der Waals surface area contributed by atoms with E-state index >= 15 is 0 Å².